The summed E-state index contributed by atoms with van der Waals surface area (Å²) < 4.78 is 4.79. The fraction of sp³-hybridized carbons (Fsp3) is 0.700. The zero-order valence-corrected chi connectivity index (χ0v) is 9.32. The van der Waals surface area contributed by atoms with Crippen molar-refractivity contribution in [1.29, 1.82) is 0 Å². The van der Waals surface area contributed by atoms with Crippen molar-refractivity contribution in [2.45, 2.75) is 32.2 Å². The van der Waals surface area contributed by atoms with Crippen LogP contribution in [0.15, 0.2) is 0 Å². The first-order chi connectivity index (χ1) is 7.79. The highest BCUT2D eigenvalue weighted by atomic mass is 16.5. The van der Waals surface area contributed by atoms with Crippen LogP contribution in [-0.2, 0) is 11.2 Å². The normalized spacial score (nSPS) is 15.1. The van der Waals surface area contributed by atoms with Crippen LogP contribution in [0.5, 0.6) is 0 Å². The van der Waals surface area contributed by atoms with Gasteiger partial charge in [-0.3, -0.25) is 5.10 Å². The minimum atomic E-state index is -0.472. The lowest BCUT2D eigenvalue weighted by atomic mass is 10.4. The van der Waals surface area contributed by atoms with Gasteiger partial charge in [-0.2, -0.15) is 0 Å². The zero-order chi connectivity index (χ0) is 11.4. The lowest BCUT2D eigenvalue weighted by Gasteiger charge is -1.98. The van der Waals surface area contributed by atoms with Gasteiger partial charge in [-0.15, -0.1) is 5.10 Å². The van der Waals surface area contributed by atoms with Gasteiger partial charge in [0, 0.05) is 19.0 Å². The Morgan fingerprint density at radius 3 is 3.12 bits per heavy atom. The average molecular weight is 224 g/mol. The molecule has 6 heteroatoms. The fourth-order valence-electron chi connectivity index (χ4n) is 1.38. The second-order valence-electron chi connectivity index (χ2n) is 3.80. The molecule has 6 nitrogen and oxygen atoms in total. The number of carbonyl (C=O) groups excluding carboxylic acids is 1. The van der Waals surface area contributed by atoms with Crippen molar-refractivity contribution < 1.29 is 9.53 Å². The second kappa shape index (κ2) is 5.07. The van der Waals surface area contributed by atoms with Crippen molar-refractivity contribution in [3.05, 3.63) is 11.6 Å². The summed E-state index contributed by atoms with van der Waals surface area (Å²) >= 11 is 0. The SMILES string of the molecule is CCOC(=O)c1n[nH]c(CCNC2CC2)n1. The Hall–Kier alpha value is -1.43. The monoisotopic (exact) mass is 224 g/mol. The van der Waals surface area contributed by atoms with E-state index in [1.165, 1.54) is 12.8 Å². The minimum Gasteiger partial charge on any atom is -0.460 e. The largest absolute Gasteiger partial charge is 0.460 e. The summed E-state index contributed by atoms with van der Waals surface area (Å²) in [5.41, 5.74) is 0. The van der Waals surface area contributed by atoms with E-state index in [0.717, 1.165) is 18.8 Å². The van der Waals surface area contributed by atoms with E-state index in [4.69, 9.17) is 4.74 Å². The van der Waals surface area contributed by atoms with E-state index in [0.29, 0.717) is 12.6 Å². The Labute approximate surface area is 93.8 Å². The molecule has 16 heavy (non-hydrogen) atoms. The lowest BCUT2D eigenvalue weighted by Crippen LogP contribution is -2.19. The van der Waals surface area contributed by atoms with Gasteiger partial charge in [-0.05, 0) is 19.8 Å². The van der Waals surface area contributed by atoms with Gasteiger partial charge in [-0.1, -0.05) is 0 Å². The summed E-state index contributed by atoms with van der Waals surface area (Å²) in [6.07, 6.45) is 3.29. The highest BCUT2D eigenvalue weighted by molar-refractivity contribution is 5.84. The molecule has 1 saturated carbocycles. The Morgan fingerprint density at radius 2 is 2.44 bits per heavy atom. The summed E-state index contributed by atoms with van der Waals surface area (Å²) in [6.45, 7) is 2.96. The minimum absolute atomic E-state index is 0.114. The molecule has 1 fully saturated rings. The maximum absolute atomic E-state index is 11.3. The first-order valence-corrected chi connectivity index (χ1v) is 5.61. The number of nitrogens with zero attached hydrogens (tertiary/aromatic N) is 2. The van der Waals surface area contributed by atoms with Gasteiger partial charge >= 0.3 is 5.97 Å². The van der Waals surface area contributed by atoms with Crippen LogP contribution < -0.4 is 5.32 Å². The molecule has 0 bridgehead atoms. The van der Waals surface area contributed by atoms with Gasteiger partial charge in [0.25, 0.3) is 5.82 Å². The van der Waals surface area contributed by atoms with E-state index < -0.39 is 5.97 Å². The first-order valence-electron chi connectivity index (χ1n) is 5.61. The molecule has 88 valence electrons. The molecule has 0 amide bonds. The first kappa shape index (κ1) is 11.1. The number of nitrogens with one attached hydrogen (secondary N) is 2. The third-order valence-corrected chi connectivity index (χ3v) is 2.36. The Bertz CT molecular complexity index is 359. The van der Waals surface area contributed by atoms with Gasteiger partial charge in [-0.25, -0.2) is 9.78 Å². The molecule has 1 aliphatic rings. The molecule has 1 heterocycles. The molecular weight excluding hydrogens is 208 g/mol. The topological polar surface area (TPSA) is 79.9 Å². The molecule has 2 N–H and O–H groups in total. The molecule has 0 saturated heterocycles. The van der Waals surface area contributed by atoms with Crippen LogP contribution in [0.4, 0.5) is 0 Å². The predicted molar refractivity (Wildman–Crippen MR) is 57.1 cm³/mol. The maximum atomic E-state index is 11.3. The number of esters is 1. The van der Waals surface area contributed by atoms with Crippen molar-refractivity contribution in [3.8, 4) is 0 Å². The fourth-order valence-corrected chi connectivity index (χ4v) is 1.38. The smallest absolute Gasteiger partial charge is 0.378 e. The van der Waals surface area contributed by atoms with Gasteiger partial charge < -0.3 is 10.1 Å². The van der Waals surface area contributed by atoms with Crippen molar-refractivity contribution in [3.63, 3.8) is 0 Å². The quantitative estimate of drug-likeness (QED) is 0.678. The van der Waals surface area contributed by atoms with Crippen molar-refractivity contribution >= 4 is 5.97 Å². The highest BCUT2D eigenvalue weighted by Crippen LogP contribution is 2.18. The van der Waals surface area contributed by atoms with Crippen LogP contribution in [0.25, 0.3) is 0 Å². The number of carbonyl (C=O) groups is 1. The van der Waals surface area contributed by atoms with Gasteiger partial charge in [0.1, 0.15) is 5.82 Å². The highest BCUT2D eigenvalue weighted by Gasteiger charge is 2.20. The second-order valence-corrected chi connectivity index (χ2v) is 3.80. The van der Waals surface area contributed by atoms with Crippen molar-refractivity contribution in [2.75, 3.05) is 13.2 Å². The van der Waals surface area contributed by atoms with Gasteiger partial charge in [0.05, 0.1) is 6.61 Å². The van der Waals surface area contributed by atoms with E-state index in [9.17, 15) is 4.79 Å². The van der Waals surface area contributed by atoms with Crippen LogP contribution in [0, 0.1) is 0 Å². The summed E-state index contributed by atoms with van der Waals surface area (Å²) in [4.78, 5) is 15.3. The molecule has 0 unspecified atom stereocenters. The molecule has 0 aliphatic heterocycles. The number of aromatic nitrogens is 3. The number of rotatable bonds is 6. The molecule has 1 aromatic heterocycles. The molecule has 1 aromatic rings. The van der Waals surface area contributed by atoms with Crippen molar-refractivity contribution in [2.24, 2.45) is 0 Å². The van der Waals surface area contributed by atoms with Gasteiger partial charge in [0.2, 0.25) is 0 Å². The van der Waals surface area contributed by atoms with E-state index in [2.05, 4.69) is 20.5 Å². The number of H-pyrrole nitrogens is 1. The Morgan fingerprint density at radius 1 is 1.62 bits per heavy atom. The van der Waals surface area contributed by atoms with E-state index in [1.807, 2.05) is 0 Å². The summed E-state index contributed by atoms with van der Waals surface area (Å²) in [7, 11) is 0. The summed E-state index contributed by atoms with van der Waals surface area (Å²) in [6, 6.07) is 0.687. The molecule has 0 atom stereocenters. The number of aromatic amines is 1. The molecular formula is C10H16N4O2. The average Bonchev–Trinajstić information content (AvgIpc) is 2.95. The Balaban J connectivity index is 1.78. The third kappa shape index (κ3) is 3.03. The van der Waals surface area contributed by atoms with Crippen LogP contribution in [-0.4, -0.2) is 40.3 Å². The van der Waals surface area contributed by atoms with Crippen LogP contribution in [0.3, 0.4) is 0 Å². The number of hydrogen-bond donors (Lipinski definition) is 2. The van der Waals surface area contributed by atoms with Crippen molar-refractivity contribution in [1.82, 2.24) is 20.5 Å². The third-order valence-electron chi connectivity index (χ3n) is 2.36. The summed E-state index contributed by atoms with van der Waals surface area (Å²) in [5, 5.41) is 9.91. The molecule has 0 spiro atoms. The lowest BCUT2D eigenvalue weighted by molar-refractivity contribution is 0.0512. The van der Waals surface area contributed by atoms with Gasteiger partial charge in [0.15, 0.2) is 0 Å². The molecule has 0 radical (unpaired) electrons. The Kier molecular flexibility index (Phi) is 3.51. The van der Waals surface area contributed by atoms with Crippen LogP contribution >= 0.6 is 0 Å². The molecule has 0 aromatic carbocycles. The van der Waals surface area contributed by atoms with Crippen LogP contribution in [0.1, 0.15) is 36.2 Å². The summed E-state index contributed by atoms with van der Waals surface area (Å²) in [5.74, 6) is 0.361. The van der Waals surface area contributed by atoms with E-state index >= 15 is 0 Å². The molecule has 2 rings (SSSR count). The molecule has 1 aliphatic carbocycles. The number of hydrogen-bond acceptors (Lipinski definition) is 5. The van der Waals surface area contributed by atoms with E-state index in [-0.39, 0.29) is 5.82 Å². The maximum Gasteiger partial charge on any atom is 0.378 e. The van der Waals surface area contributed by atoms with E-state index in [1.54, 1.807) is 6.92 Å². The number of ether oxygens (including phenoxy) is 1. The van der Waals surface area contributed by atoms with Crippen LogP contribution in [0.2, 0.25) is 0 Å². The zero-order valence-electron chi connectivity index (χ0n) is 9.32. The standard InChI is InChI=1S/C10H16N4O2/c1-2-16-10(15)9-12-8(13-14-9)5-6-11-7-3-4-7/h7,11H,2-6H2,1H3,(H,12,13,14). The predicted octanol–water partition coefficient (Wildman–Crippen LogP) is 0.276.